The highest BCUT2D eigenvalue weighted by molar-refractivity contribution is 5.98. The minimum atomic E-state index is -0.148. The molecule has 2 amide bonds. The van der Waals surface area contributed by atoms with Gasteiger partial charge in [0.25, 0.3) is 5.91 Å². The Hall–Kier alpha value is -3.21. The van der Waals surface area contributed by atoms with Crippen LogP contribution in [0, 0.1) is 19.8 Å². The largest absolute Gasteiger partial charge is 0.348 e. The van der Waals surface area contributed by atoms with Crippen LogP contribution in [0.2, 0.25) is 0 Å². The molecular weight excluding hydrogens is 350 g/mol. The van der Waals surface area contributed by atoms with E-state index in [2.05, 4.69) is 15.6 Å². The summed E-state index contributed by atoms with van der Waals surface area (Å²) >= 11 is 0. The van der Waals surface area contributed by atoms with Gasteiger partial charge >= 0.3 is 0 Å². The summed E-state index contributed by atoms with van der Waals surface area (Å²) in [6.45, 7) is 7.98. The minimum Gasteiger partial charge on any atom is -0.348 e. The van der Waals surface area contributed by atoms with Crippen LogP contribution in [0.3, 0.4) is 0 Å². The van der Waals surface area contributed by atoms with Crippen molar-refractivity contribution in [2.24, 2.45) is 5.92 Å². The lowest BCUT2D eigenvalue weighted by Gasteiger charge is -2.11. The normalized spacial score (nSPS) is 10.9. The molecule has 2 N–H and O–H groups in total. The lowest BCUT2D eigenvalue weighted by molar-refractivity contribution is -0.118. The van der Waals surface area contributed by atoms with Gasteiger partial charge in [0.1, 0.15) is 0 Å². The van der Waals surface area contributed by atoms with Crippen molar-refractivity contribution < 1.29 is 9.59 Å². The molecule has 0 saturated heterocycles. The number of carbonyl (C=O) groups is 2. The van der Waals surface area contributed by atoms with E-state index in [1.54, 1.807) is 0 Å². The molecule has 0 atom stereocenters. The number of hydrogen-bond acceptors (Lipinski definition) is 3. The van der Waals surface area contributed by atoms with E-state index in [1.165, 1.54) is 0 Å². The number of benzene rings is 2. The topological polar surface area (TPSA) is 71.1 Å². The fourth-order valence-electron chi connectivity index (χ4n) is 2.89. The van der Waals surface area contributed by atoms with Crippen LogP contribution in [0.25, 0.3) is 10.9 Å². The van der Waals surface area contributed by atoms with Gasteiger partial charge in [0.05, 0.1) is 16.8 Å². The van der Waals surface area contributed by atoms with E-state index in [0.29, 0.717) is 17.8 Å². The van der Waals surface area contributed by atoms with Crippen LogP contribution in [0.4, 0.5) is 5.69 Å². The highest BCUT2D eigenvalue weighted by Gasteiger charge is 2.12. The second kappa shape index (κ2) is 8.21. The van der Waals surface area contributed by atoms with E-state index in [9.17, 15) is 9.59 Å². The Labute approximate surface area is 165 Å². The zero-order chi connectivity index (χ0) is 20.3. The molecule has 0 aliphatic carbocycles. The molecule has 28 heavy (non-hydrogen) atoms. The van der Waals surface area contributed by atoms with Crippen LogP contribution in [0.15, 0.2) is 48.5 Å². The van der Waals surface area contributed by atoms with Gasteiger partial charge in [0, 0.05) is 23.5 Å². The smallest absolute Gasteiger partial charge is 0.253 e. The number of fused-ring (bicyclic) bond motifs is 1. The average Bonchev–Trinajstić information content (AvgIpc) is 2.67. The molecule has 0 fully saturated rings. The van der Waals surface area contributed by atoms with Crippen LogP contribution >= 0.6 is 0 Å². The monoisotopic (exact) mass is 375 g/mol. The van der Waals surface area contributed by atoms with Gasteiger partial charge in [-0.15, -0.1) is 0 Å². The number of pyridine rings is 1. The summed E-state index contributed by atoms with van der Waals surface area (Å²) in [5.74, 6) is -0.234. The fourth-order valence-corrected chi connectivity index (χ4v) is 2.89. The van der Waals surface area contributed by atoms with Crippen molar-refractivity contribution in [3.63, 3.8) is 0 Å². The molecule has 3 rings (SSSR count). The van der Waals surface area contributed by atoms with Gasteiger partial charge in [-0.3, -0.25) is 14.6 Å². The standard InChI is InChI=1S/C23H25N3O2/c1-14(2)22(27)26-19-8-6-17(7-9-19)13-24-23(28)20-12-18-11-15(3)5-10-21(18)25-16(20)4/h5-12,14H,13H2,1-4H3,(H,24,28)(H,26,27). The summed E-state index contributed by atoms with van der Waals surface area (Å²) in [4.78, 5) is 28.9. The fraction of sp³-hybridized carbons (Fsp3) is 0.261. The van der Waals surface area contributed by atoms with Crippen LogP contribution in [0.5, 0.6) is 0 Å². The van der Waals surface area contributed by atoms with Gasteiger partial charge in [-0.1, -0.05) is 37.6 Å². The van der Waals surface area contributed by atoms with E-state index in [0.717, 1.165) is 27.7 Å². The minimum absolute atomic E-state index is 0.0180. The number of aromatic nitrogens is 1. The molecular formula is C23H25N3O2. The summed E-state index contributed by atoms with van der Waals surface area (Å²) in [5, 5.41) is 6.76. The highest BCUT2D eigenvalue weighted by Crippen LogP contribution is 2.18. The second-order valence-corrected chi connectivity index (χ2v) is 7.34. The molecule has 2 aromatic carbocycles. The van der Waals surface area contributed by atoms with Crippen molar-refractivity contribution in [2.75, 3.05) is 5.32 Å². The van der Waals surface area contributed by atoms with Gasteiger partial charge in [-0.05, 0) is 49.7 Å². The Balaban J connectivity index is 1.68. The number of aryl methyl sites for hydroxylation is 2. The summed E-state index contributed by atoms with van der Waals surface area (Å²) in [6, 6.07) is 15.4. The molecule has 1 aromatic heterocycles. The Morgan fingerprint density at radius 3 is 2.39 bits per heavy atom. The third-order valence-electron chi connectivity index (χ3n) is 4.60. The zero-order valence-electron chi connectivity index (χ0n) is 16.7. The first kappa shape index (κ1) is 19.5. The maximum Gasteiger partial charge on any atom is 0.253 e. The van der Waals surface area contributed by atoms with Gasteiger partial charge < -0.3 is 10.6 Å². The molecule has 5 nitrogen and oxygen atoms in total. The van der Waals surface area contributed by atoms with Crippen LogP contribution in [-0.4, -0.2) is 16.8 Å². The number of hydrogen-bond donors (Lipinski definition) is 2. The molecule has 5 heteroatoms. The van der Waals surface area contributed by atoms with Crippen molar-refractivity contribution in [3.05, 3.63) is 70.9 Å². The van der Waals surface area contributed by atoms with E-state index in [1.807, 2.05) is 76.2 Å². The lowest BCUT2D eigenvalue weighted by Crippen LogP contribution is -2.24. The van der Waals surface area contributed by atoms with Crippen molar-refractivity contribution in [1.82, 2.24) is 10.3 Å². The maximum absolute atomic E-state index is 12.6. The third-order valence-corrected chi connectivity index (χ3v) is 4.60. The quantitative estimate of drug-likeness (QED) is 0.695. The molecule has 0 saturated carbocycles. The highest BCUT2D eigenvalue weighted by atomic mass is 16.2. The first-order valence-electron chi connectivity index (χ1n) is 9.39. The van der Waals surface area contributed by atoms with Gasteiger partial charge in [-0.25, -0.2) is 0 Å². The molecule has 0 unspecified atom stereocenters. The summed E-state index contributed by atoms with van der Waals surface area (Å²) in [7, 11) is 0. The molecule has 3 aromatic rings. The van der Waals surface area contributed by atoms with E-state index in [-0.39, 0.29) is 17.7 Å². The van der Waals surface area contributed by atoms with E-state index < -0.39 is 0 Å². The summed E-state index contributed by atoms with van der Waals surface area (Å²) in [5.41, 5.74) is 5.02. The number of anilines is 1. The van der Waals surface area contributed by atoms with Gasteiger partial charge in [-0.2, -0.15) is 0 Å². The van der Waals surface area contributed by atoms with Crippen LogP contribution in [0.1, 0.15) is 41.0 Å². The third kappa shape index (κ3) is 4.55. The molecule has 0 bridgehead atoms. The second-order valence-electron chi connectivity index (χ2n) is 7.34. The van der Waals surface area contributed by atoms with Crippen molar-refractivity contribution in [1.29, 1.82) is 0 Å². The summed E-state index contributed by atoms with van der Waals surface area (Å²) < 4.78 is 0. The number of nitrogens with one attached hydrogen (secondary N) is 2. The molecule has 1 heterocycles. The SMILES string of the molecule is Cc1ccc2nc(C)c(C(=O)NCc3ccc(NC(=O)C(C)C)cc3)cc2c1. The van der Waals surface area contributed by atoms with Crippen LogP contribution in [-0.2, 0) is 11.3 Å². The first-order valence-corrected chi connectivity index (χ1v) is 9.39. The number of rotatable bonds is 5. The van der Waals surface area contributed by atoms with Crippen molar-refractivity contribution in [2.45, 2.75) is 34.2 Å². The predicted octanol–water partition coefficient (Wildman–Crippen LogP) is 4.38. The molecule has 0 spiro atoms. The van der Waals surface area contributed by atoms with Gasteiger partial charge in [0.2, 0.25) is 5.91 Å². The number of nitrogens with zero attached hydrogens (tertiary/aromatic N) is 1. The Bertz CT molecular complexity index is 1020. The average molecular weight is 375 g/mol. The summed E-state index contributed by atoms with van der Waals surface area (Å²) in [6.07, 6.45) is 0. The molecule has 0 aliphatic rings. The Morgan fingerprint density at radius 1 is 1.00 bits per heavy atom. The van der Waals surface area contributed by atoms with Crippen LogP contribution < -0.4 is 10.6 Å². The molecule has 0 radical (unpaired) electrons. The molecule has 144 valence electrons. The Kier molecular flexibility index (Phi) is 5.73. The van der Waals surface area contributed by atoms with Crippen molar-refractivity contribution in [3.8, 4) is 0 Å². The predicted molar refractivity (Wildman–Crippen MR) is 112 cm³/mol. The lowest BCUT2D eigenvalue weighted by atomic mass is 10.1. The Morgan fingerprint density at radius 2 is 1.71 bits per heavy atom. The molecule has 0 aliphatic heterocycles. The first-order chi connectivity index (χ1) is 13.3. The number of amides is 2. The van der Waals surface area contributed by atoms with E-state index in [4.69, 9.17) is 0 Å². The van der Waals surface area contributed by atoms with E-state index >= 15 is 0 Å². The van der Waals surface area contributed by atoms with Crippen molar-refractivity contribution >= 4 is 28.4 Å². The zero-order valence-corrected chi connectivity index (χ0v) is 16.7. The number of carbonyl (C=O) groups excluding carboxylic acids is 2. The van der Waals surface area contributed by atoms with Gasteiger partial charge in [0.15, 0.2) is 0 Å². The maximum atomic E-state index is 12.6.